The maximum absolute atomic E-state index is 12.7. The van der Waals surface area contributed by atoms with Crippen LogP contribution >= 0.6 is 0 Å². The molecule has 1 fully saturated rings. The Labute approximate surface area is 187 Å². The third-order valence-electron chi connectivity index (χ3n) is 5.70. The lowest BCUT2D eigenvalue weighted by atomic mass is 10.2. The first-order chi connectivity index (χ1) is 15.4. The number of aromatic nitrogens is 1. The lowest BCUT2D eigenvalue weighted by Crippen LogP contribution is -2.51. The smallest absolute Gasteiger partial charge is 0.321 e. The second-order valence-corrected chi connectivity index (χ2v) is 8.08. The number of hydrogen-bond acceptors (Lipinski definition) is 3. The lowest BCUT2D eigenvalue weighted by molar-refractivity contribution is -0.129. The van der Waals surface area contributed by atoms with Crippen LogP contribution in [0.15, 0.2) is 60.8 Å². The van der Waals surface area contributed by atoms with Gasteiger partial charge in [0.05, 0.1) is 0 Å². The minimum atomic E-state index is -0.182. The van der Waals surface area contributed by atoms with Crippen molar-refractivity contribution in [2.24, 2.45) is 0 Å². The van der Waals surface area contributed by atoms with Gasteiger partial charge in [0.1, 0.15) is 6.54 Å². The van der Waals surface area contributed by atoms with E-state index in [1.807, 2.05) is 53.2 Å². The number of anilines is 1. The molecule has 8 heteroatoms. The summed E-state index contributed by atoms with van der Waals surface area (Å²) in [5, 5.41) is 3.90. The van der Waals surface area contributed by atoms with Gasteiger partial charge in [0.15, 0.2) is 0 Å². The SMILES string of the molecule is CN(C)C(=O)Cn1ccc2cc(NC(=O)N3CCN(C(=O)c4ccccc4)CC3)ccc21. The number of amides is 4. The van der Waals surface area contributed by atoms with E-state index in [0.717, 1.165) is 10.9 Å². The van der Waals surface area contributed by atoms with Crippen molar-refractivity contribution in [3.05, 3.63) is 66.4 Å². The third kappa shape index (κ3) is 4.59. The second kappa shape index (κ2) is 9.13. The van der Waals surface area contributed by atoms with E-state index < -0.39 is 0 Å². The number of carbonyl (C=O) groups excluding carboxylic acids is 3. The largest absolute Gasteiger partial charge is 0.347 e. The fourth-order valence-corrected chi connectivity index (χ4v) is 3.78. The predicted octanol–water partition coefficient (Wildman–Crippen LogP) is 2.72. The van der Waals surface area contributed by atoms with Crippen LogP contribution in [0.3, 0.4) is 0 Å². The van der Waals surface area contributed by atoms with Crippen LogP contribution < -0.4 is 5.32 Å². The summed E-state index contributed by atoms with van der Waals surface area (Å²) in [6, 6.07) is 16.6. The van der Waals surface area contributed by atoms with Crippen LogP contribution in [0.1, 0.15) is 10.4 Å². The van der Waals surface area contributed by atoms with E-state index in [9.17, 15) is 14.4 Å². The standard InChI is InChI=1S/C24H27N5O3/c1-26(2)22(30)17-29-11-10-19-16-20(8-9-21(19)29)25-24(32)28-14-12-27(13-15-28)23(31)18-6-4-3-5-7-18/h3-11,16H,12-15,17H2,1-2H3,(H,25,32). The number of fused-ring (bicyclic) bond motifs is 1. The van der Waals surface area contributed by atoms with E-state index in [2.05, 4.69) is 5.32 Å². The maximum Gasteiger partial charge on any atom is 0.321 e. The molecule has 0 aliphatic carbocycles. The first kappa shape index (κ1) is 21.4. The minimum Gasteiger partial charge on any atom is -0.347 e. The van der Waals surface area contributed by atoms with Gasteiger partial charge in [0, 0.05) is 68.6 Å². The number of carbonyl (C=O) groups is 3. The molecule has 4 rings (SSSR count). The number of nitrogens with zero attached hydrogens (tertiary/aromatic N) is 4. The molecule has 3 aromatic rings. The van der Waals surface area contributed by atoms with E-state index >= 15 is 0 Å². The molecule has 0 saturated carbocycles. The van der Waals surface area contributed by atoms with Gasteiger partial charge < -0.3 is 24.6 Å². The van der Waals surface area contributed by atoms with Crippen LogP contribution in [-0.4, -0.2) is 77.4 Å². The van der Waals surface area contributed by atoms with Gasteiger partial charge in [-0.05, 0) is 36.4 Å². The molecule has 166 valence electrons. The van der Waals surface area contributed by atoms with Crippen LogP contribution in [0, 0.1) is 0 Å². The van der Waals surface area contributed by atoms with Gasteiger partial charge in [-0.3, -0.25) is 9.59 Å². The zero-order chi connectivity index (χ0) is 22.7. The van der Waals surface area contributed by atoms with Crippen molar-refractivity contribution >= 4 is 34.4 Å². The summed E-state index contributed by atoms with van der Waals surface area (Å²) in [6.07, 6.45) is 1.88. The van der Waals surface area contributed by atoms with E-state index in [-0.39, 0.29) is 24.4 Å². The highest BCUT2D eigenvalue weighted by Gasteiger charge is 2.25. The Bertz CT molecular complexity index is 1130. The Kier molecular flexibility index (Phi) is 6.11. The average molecular weight is 434 g/mol. The van der Waals surface area contributed by atoms with E-state index in [0.29, 0.717) is 37.4 Å². The summed E-state index contributed by atoms with van der Waals surface area (Å²) in [7, 11) is 3.47. The number of rotatable bonds is 4. The number of benzene rings is 2. The van der Waals surface area contributed by atoms with Crippen molar-refractivity contribution in [1.82, 2.24) is 19.3 Å². The summed E-state index contributed by atoms with van der Waals surface area (Å²) >= 11 is 0. The molecule has 1 aliphatic rings. The molecule has 1 saturated heterocycles. The molecule has 1 N–H and O–H groups in total. The summed E-state index contributed by atoms with van der Waals surface area (Å²) < 4.78 is 1.90. The number of nitrogens with one attached hydrogen (secondary N) is 1. The molecule has 1 aromatic heterocycles. The highest BCUT2D eigenvalue weighted by molar-refractivity contribution is 5.95. The van der Waals surface area contributed by atoms with Crippen molar-refractivity contribution < 1.29 is 14.4 Å². The van der Waals surface area contributed by atoms with E-state index in [1.54, 1.807) is 40.9 Å². The fraction of sp³-hybridized carbons (Fsp3) is 0.292. The Hall–Kier alpha value is -3.81. The van der Waals surface area contributed by atoms with Crippen molar-refractivity contribution in [3.8, 4) is 0 Å². The summed E-state index contributed by atoms with van der Waals surface area (Å²) in [5.41, 5.74) is 2.30. The first-order valence-corrected chi connectivity index (χ1v) is 10.6. The number of likely N-dealkylation sites (N-methyl/N-ethyl adjacent to an activating group) is 1. The van der Waals surface area contributed by atoms with Crippen molar-refractivity contribution in [2.75, 3.05) is 45.6 Å². The fourth-order valence-electron chi connectivity index (χ4n) is 3.78. The summed E-state index contributed by atoms with van der Waals surface area (Å²) in [5.74, 6) is 0.0122. The number of hydrogen-bond donors (Lipinski definition) is 1. The van der Waals surface area contributed by atoms with Gasteiger partial charge >= 0.3 is 6.03 Å². The molecular weight excluding hydrogens is 406 g/mol. The van der Waals surface area contributed by atoms with Gasteiger partial charge in [0.2, 0.25) is 5.91 Å². The Morgan fingerprint density at radius 3 is 2.28 bits per heavy atom. The van der Waals surface area contributed by atoms with E-state index in [4.69, 9.17) is 0 Å². The molecule has 0 spiro atoms. The molecule has 4 amide bonds. The van der Waals surface area contributed by atoms with Gasteiger partial charge in [-0.25, -0.2) is 4.79 Å². The van der Waals surface area contributed by atoms with Crippen LogP contribution in [0.4, 0.5) is 10.5 Å². The maximum atomic E-state index is 12.7. The van der Waals surface area contributed by atoms with Gasteiger partial charge in [-0.15, -0.1) is 0 Å². The molecule has 1 aliphatic heterocycles. The molecule has 0 bridgehead atoms. The van der Waals surface area contributed by atoms with Crippen LogP contribution in [0.25, 0.3) is 10.9 Å². The molecule has 2 aromatic carbocycles. The van der Waals surface area contributed by atoms with E-state index in [1.165, 1.54) is 0 Å². The highest BCUT2D eigenvalue weighted by Crippen LogP contribution is 2.21. The zero-order valence-corrected chi connectivity index (χ0v) is 18.3. The summed E-state index contributed by atoms with van der Waals surface area (Å²) in [6.45, 7) is 2.24. The summed E-state index contributed by atoms with van der Waals surface area (Å²) in [4.78, 5) is 42.4. The zero-order valence-electron chi connectivity index (χ0n) is 18.3. The molecule has 32 heavy (non-hydrogen) atoms. The number of urea groups is 1. The van der Waals surface area contributed by atoms with Gasteiger partial charge in [0.25, 0.3) is 5.91 Å². The van der Waals surface area contributed by atoms with Gasteiger partial charge in [-0.1, -0.05) is 18.2 Å². The van der Waals surface area contributed by atoms with Crippen molar-refractivity contribution in [3.63, 3.8) is 0 Å². The number of piperazine rings is 1. The first-order valence-electron chi connectivity index (χ1n) is 10.6. The Balaban J connectivity index is 1.35. The highest BCUT2D eigenvalue weighted by atomic mass is 16.2. The van der Waals surface area contributed by atoms with Crippen molar-refractivity contribution in [2.45, 2.75) is 6.54 Å². The van der Waals surface area contributed by atoms with Crippen LogP contribution in [0.2, 0.25) is 0 Å². The molecule has 2 heterocycles. The monoisotopic (exact) mass is 433 g/mol. The normalized spacial score (nSPS) is 13.8. The van der Waals surface area contributed by atoms with Crippen LogP contribution in [-0.2, 0) is 11.3 Å². The minimum absolute atomic E-state index is 0.00614. The van der Waals surface area contributed by atoms with Crippen LogP contribution in [0.5, 0.6) is 0 Å². The average Bonchev–Trinajstić information content (AvgIpc) is 3.21. The molecule has 8 nitrogen and oxygen atoms in total. The van der Waals surface area contributed by atoms with Crippen molar-refractivity contribution in [1.29, 1.82) is 0 Å². The molecule has 0 unspecified atom stereocenters. The molecule has 0 atom stereocenters. The second-order valence-electron chi connectivity index (χ2n) is 8.08. The third-order valence-corrected chi connectivity index (χ3v) is 5.70. The van der Waals surface area contributed by atoms with Gasteiger partial charge in [-0.2, -0.15) is 0 Å². The Morgan fingerprint density at radius 2 is 1.59 bits per heavy atom. The quantitative estimate of drug-likeness (QED) is 0.687. The molecular formula is C24H27N5O3. The lowest BCUT2D eigenvalue weighted by Gasteiger charge is -2.34. The molecule has 0 radical (unpaired) electrons. The Morgan fingerprint density at radius 1 is 0.906 bits per heavy atom. The topological polar surface area (TPSA) is 77.9 Å². The predicted molar refractivity (Wildman–Crippen MR) is 124 cm³/mol.